The Bertz CT molecular complexity index is 331. The van der Waals surface area contributed by atoms with Crippen LogP contribution in [-0.4, -0.2) is 33.4 Å². The van der Waals surface area contributed by atoms with Gasteiger partial charge in [-0.05, 0) is 37.6 Å². The molecule has 1 aromatic rings. The molecule has 17 heavy (non-hydrogen) atoms. The van der Waals surface area contributed by atoms with E-state index in [1.54, 1.807) is 7.11 Å². The maximum Gasteiger partial charge on any atom is 0.123 e. The number of nitrogens with one attached hydrogen (secondary N) is 1. The van der Waals surface area contributed by atoms with Crippen LogP contribution in [0.1, 0.15) is 12.0 Å². The zero-order chi connectivity index (χ0) is 12.5. The number of aryl methyl sites for hydroxylation is 1. The Morgan fingerprint density at radius 3 is 2.82 bits per heavy atom. The summed E-state index contributed by atoms with van der Waals surface area (Å²) in [4.78, 5) is 0. The van der Waals surface area contributed by atoms with Crippen molar-refractivity contribution in [3.05, 3.63) is 28.8 Å². The summed E-state index contributed by atoms with van der Waals surface area (Å²) in [5, 5.41) is 3.99. The van der Waals surface area contributed by atoms with Gasteiger partial charge in [0.05, 0.1) is 0 Å². The van der Waals surface area contributed by atoms with Crippen molar-refractivity contribution in [3.63, 3.8) is 0 Å². The molecule has 3 nitrogen and oxygen atoms in total. The predicted octanol–water partition coefficient (Wildman–Crippen LogP) is 2.65. The highest BCUT2D eigenvalue weighted by Crippen LogP contribution is 2.22. The summed E-state index contributed by atoms with van der Waals surface area (Å²) >= 11 is 5.90. The highest BCUT2D eigenvalue weighted by Gasteiger charge is 1.99. The molecule has 0 saturated heterocycles. The summed E-state index contributed by atoms with van der Waals surface area (Å²) in [5.41, 5.74) is 1.11. The lowest BCUT2D eigenvalue weighted by molar-refractivity contribution is 0.193. The summed E-state index contributed by atoms with van der Waals surface area (Å²) in [6, 6.07) is 5.68. The van der Waals surface area contributed by atoms with E-state index >= 15 is 0 Å². The van der Waals surface area contributed by atoms with Crippen molar-refractivity contribution in [1.82, 2.24) is 5.32 Å². The number of benzene rings is 1. The maximum absolute atomic E-state index is 5.90. The van der Waals surface area contributed by atoms with Crippen molar-refractivity contribution in [2.45, 2.75) is 13.3 Å². The Morgan fingerprint density at radius 2 is 2.06 bits per heavy atom. The molecule has 0 aliphatic carbocycles. The second-order valence-corrected chi connectivity index (χ2v) is 4.29. The molecule has 0 aliphatic rings. The van der Waals surface area contributed by atoms with Crippen molar-refractivity contribution in [1.29, 1.82) is 0 Å². The molecular formula is C13H20ClNO2. The van der Waals surface area contributed by atoms with E-state index in [1.807, 2.05) is 25.1 Å². The molecule has 0 aromatic heterocycles. The third-order valence-electron chi connectivity index (χ3n) is 2.39. The van der Waals surface area contributed by atoms with Gasteiger partial charge in [0, 0.05) is 25.3 Å². The Hall–Kier alpha value is -0.770. The lowest BCUT2D eigenvalue weighted by atomic mass is 10.2. The number of rotatable bonds is 8. The van der Waals surface area contributed by atoms with Gasteiger partial charge in [-0.15, -0.1) is 0 Å². The molecule has 0 atom stereocenters. The standard InChI is InChI=1S/C13H20ClNO2/c1-11-4-5-12(14)10-13(11)17-9-7-15-6-3-8-16-2/h4-5,10,15H,3,6-9H2,1-2H3. The Balaban J connectivity index is 2.15. The molecule has 0 fully saturated rings. The van der Waals surface area contributed by atoms with Crippen LogP contribution in [-0.2, 0) is 4.74 Å². The number of hydrogen-bond donors (Lipinski definition) is 1. The van der Waals surface area contributed by atoms with Crippen molar-refractivity contribution in [3.8, 4) is 5.75 Å². The molecule has 1 aromatic carbocycles. The first-order valence-corrected chi connectivity index (χ1v) is 6.20. The van der Waals surface area contributed by atoms with Crippen LogP contribution in [0.15, 0.2) is 18.2 Å². The number of hydrogen-bond acceptors (Lipinski definition) is 3. The molecule has 1 rings (SSSR count). The van der Waals surface area contributed by atoms with Crippen LogP contribution in [0.2, 0.25) is 5.02 Å². The minimum atomic E-state index is 0.647. The van der Waals surface area contributed by atoms with E-state index in [4.69, 9.17) is 21.1 Å². The van der Waals surface area contributed by atoms with Gasteiger partial charge in [0.15, 0.2) is 0 Å². The van der Waals surface area contributed by atoms with Crippen LogP contribution in [0.5, 0.6) is 5.75 Å². The summed E-state index contributed by atoms with van der Waals surface area (Å²) in [6.45, 7) is 5.23. The molecular weight excluding hydrogens is 238 g/mol. The van der Waals surface area contributed by atoms with Gasteiger partial charge >= 0.3 is 0 Å². The normalized spacial score (nSPS) is 10.5. The Morgan fingerprint density at radius 1 is 1.24 bits per heavy atom. The van der Waals surface area contributed by atoms with E-state index in [0.717, 1.165) is 37.4 Å². The number of ether oxygens (including phenoxy) is 2. The lowest BCUT2D eigenvalue weighted by Gasteiger charge is -2.10. The third-order valence-corrected chi connectivity index (χ3v) is 2.62. The van der Waals surface area contributed by atoms with E-state index in [9.17, 15) is 0 Å². The van der Waals surface area contributed by atoms with E-state index in [-0.39, 0.29) is 0 Å². The maximum atomic E-state index is 5.90. The fourth-order valence-electron chi connectivity index (χ4n) is 1.43. The molecule has 0 radical (unpaired) electrons. The fraction of sp³-hybridized carbons (Fsp3) is 0.538. The monoisotopic (exact) mass is 257 g/mol. The van der Waals surface area contributed by atoms with Gasteiger partial charge in [0.25, 0.3) is 0 Å². The lowest BCUT2D eigenvalue weighted by Crippen LogP contribution is -2.23. The molecule has 0 heterocycles. The summed E-state index contributed by atoms with van der Waals surface area (Å²) in [7, 11) is 1.71. The van der Waals surface area contributed by atoms with Crippen LogP contribution in [0, 0.1) is 6.92 Å². The van der Waals surface area contributed by atoms with Crippen molar-refractivity contribution in [2.75, 3.05) is 33.4 Å². The minimum Gasteiger partial charge on any atom is -0.492 e. The molecule has 4 heteroatoms. The second kappa shape index (κ2) is 8.34. The Labute approximate surface area is 108 Å². The summed E-state index contributed by atoms with van der Waals surface area (Å²) < 4.78 is 10.6. The van der Waals surface area contributed by atoms with Gasteiger partial charge in [-0.3, -0.25) is 0 Å². The first kappa shape index (κ1) is 14.3. The first-order chi connectivity index (χ1) is 8.24. The van der Waals surface area contributed by atoms with Crippen LogP contribution in [0.25, 0.3) is 0 Å². The van der Waals surface area contributed by atoms with Gasteiger partial charge in [0.2, 0.25) is 0 Å². The van der Waals surface area contributed by atoms with Crippen molar-refractivity contribution >= 4 is 11.6 Å². The predicted molar refractivity (Wildman–Crippen MR) is 71.0 cm³/mol. The second-order valence-electron chi connectivity index (χ2n) is 3.85. The average Bonchev–Trinajstić information content (AvgIpc) is 2.32. The van der Waals surface area contributed by atoms with E-state index in [0.29, 0.717) is 11.6 Å². The van der Waals surface area contributed by atoms with Crippen LogP contribution < -0.4 is 10.1 Å². The molecule has 0 amide bonds. The van der Waals surface area contributed by atoms with E-state index in [1.165, 1.54) is 0 Å². The zero-order valence-electron chi connectivity index (χ0n) is 10.5. The third kappa shape index (κ3) is 5.91. The smallest absolute Gasteiger partial charge is 0.123 e. The SMILES string of the molecule is COCCCNCCOc1cc(Cl)ccc1C. The number of halogens is 1. The first-order valence-electron chi connectivity index (χ1n) is 5.82. The number of methoxy groups -OCH3 is 1. The van der Waals surface area contributed by atoms with Gasteiger partial charge < -0.3 is 14.8 Å². The summed E-state index contributed by atoms with van der Waals surface area (Å²) in [5.74, 6) is 0.858. The van der Waals surface area contributed by atoms with Gasteiger partial charge in [-0.25, -0.2) is 0 Å². The summed E-state index contributed by atoms with van der Waals surface area (Å²) in [6.07, 6.45) is 1.02. The van der Waals surface area contributed by atoms with E-state index < -0.39 is 0 Å². The van der Waals surface area contributed by atoms with Gasteiger partial charge in [-0.1, -0.05) is 17.7 Å². The van der Waals surface area contributed by atoms with Gasteiger partial charge in [0.1, 0.15) is 12.4 Å². The van der Waals surface area contributed by atoms with Crippen LogP contribution >= 0.6 is 11.6 Å². The van der Waals surface area contributed by atoms with Crippen LogP contribution in [0.4, 0.5) is 0 Å². The zero-order valence-corrected chi connectivity index (χ0v) is 11.2. The molecule has 0 bridgehead atoms. The van der Waals surface area contributed by atoms with Crippen molar-refractivity contribution < 1.29 is 9.47 Å². The minimum absolute atomic E-state index is 0.647. The molecule has 96 valence electrons. The fourth-order valence-corrected chi connectivity index (χ4v) is 1.59. The molecule has 0 aliphatic heterocycles. The molecule has 0 spiro atoms. The van der Waals surface area contributed by atoms with E-state index in [2.05, 4.69) is 5.32 Å². The molecule has 0 unspecified atom stereocenters. The van der Waals surface area contributed by atoms with Crippen molar-refractivity contribution in [2.24, 2.45) is 0 Å². The quantitative estimate of drug-likeness (QED) is 0.727. The van der Waals surface area contributed by atoms with Crippen LogP contribution in [0.3, 0.4) is 0 Å². The Kier molecular flexibility index (Phi) is 7.01. The topological polar surface area (TPSA) is 30.5 Å². The van der Waals surface area contributed by atoms with Gasteiger partial charge in [-0.2, -0.15) is 0 Å². The highest BCUT2D eigenvalue weighted by molar-refractivity contribution is 6.30. The molecule has 1 N–H and O–H groups in total. The average molecular weight is 258 g/mol. The molecule has 0 saturated carbocycles. The highest BCUT2D eigenvalue weighted by atomic mass is 35.5. The largest absolute Gasteiger partial charge is 0.492 e.